The van der Waals surface area contributed by atoms with Crippen LogP contribution in [0.1, 0.15) is 44.6 Å². The normalized spacial score (nSPS) is 20.8. The van der Waals surface area contributed by atoms with Crippen LogP contribution in [-0.4, -0.2) is 11.1 Å². The second kappa shape index (κ2) is 4.91. The molecule has 0 heterocycles. The molecule has 0 bridgehead atoms. The fourth-order valence-corrected chi connectivity index (χ4v) is 3.00. The Morgan fingerprint density at radius 3 is 2.29 bits per heavy atom. The van der Waals surface area contributed by atoms with E-state index in [1.807, 2.05) is 37.3 Å². The summed E-state index contributed by atoms with van der Waals surface area (Å²) in [6, 6.07) is 9.69. The molecule has 0 aromatic heterocycles. The Hall–Kier alpha value is -1.31. The largest absolute Gasteiger partial charge is 0.481 e. The summed E-state index contributed by atoms with van der Waals surface area (Å²) < 4.78 is 0. The SMILES string of the molecule is C[C@](C(=O)O)(c1ccccc1)C1CCCCC1. The minimum absolute atomic E-state index is 0.274. The number of benzene rings is 1. The maximum Gasteiger partial charge on any atom is 0.314 e. The Morgan fingerprint density at radius 1 is 1.18 bits per heavy atom. The summed E-state index contributed by atoms with van der Waals surface area (Å²) in [5.74, 6) is -0.410. The van der Waals surface area contributed by atoms with Crippen LogP contribution in [0.3, 0.4) is 0 Å². The molecular formula is C15H20O2. The van der Waals surface area contributed by atoms with Crippen LogP contribution in [0.15, 0.2) is 30.3 Å². The highest BCUT2D eigenvalue weighted by atomic mass is 16.4. The third-order valence-electron chi connectivity index (χ3n) is 4.24. The average Bonchev–Trinajstić information content (AvgIpc) is 2.39. The van der Waals surface area contributed by atoms with Crippen molar-refractivity contribution in [3.8, 4) is 0 Å². The smallest absolute Gasteiger partial charge is 0.314 e. The van der Waals surface area contributed by atoms with Crippen LogP contribution in [0.5, 0.6) is 0 Å². The zero-order valence-electron chi connectivity index (χ0n) is 10.4. The molecule has 0 amide bonds. The van der Waals surface area contributed by atoms with Gasteiger partial charge in [-0.25, -0.2) is 0 Å². The second-order valence-electron chi connectivity index (χ2n) is 5.21. The van der Waals surface area contributed by atoms with Crippen molar-refractivity contribution in [1.82, 2.24) is 0 Å². The Balaban J connectivity index is 2.35. The molecule has 1 atom stereocenters. The van der Waals surface area contributed by atoms with Gasteiger partial charge in [-0.3, -0.25) is 4.79 Å². The minimum Gasteiger partial charge on any atom is -0.481 e. The van der Waals surface area contributed by atoms with E-state index >= 15 is 0 Å². The lowest BCUT2D eigenvalue weighted by atomic mass is 9.66. The van der Waals surface area contributed by atoms with E-state index in [0.29, 0.717) is 0 Å². The van der Waals surface area contributed by atoms with Gasteiger partial charge in [0.15, 0.2) is 0 Å². The van der Waals surface area contributed by atoms with Crippen molar-refractivity contribution in [1.29, 1.82) is 0 Å². The lowest BCUT2D eigenvalue weighted by molar-refractivity contribution is -0.146. The molecule has 0 spiro atoms. The summed E-state index contributed by atoms with van der Waals surface area (Å²) in [6.07, 6.45) is 5.66. The van der Waals surface area contributed by atoms with E-state index in [1.165, 1.54) is 19.3 Å². The van der Waals surface area contributed by atoms with Crippen molar-refractivity contribution >= 4 is 5.97 Å². The first-order valence-corrected chi connectivity index (χ1v) is 6.44. The number of carboxylic acid groups (broad SMARTS) is 1. The number of rotatable bonds is 3. The summed E-state index contributed by atoms with van der Waals surface area (Å²) >= 11 is 0. The summed E-state index contributed by atoms with van der Waals surface area (Å²) in [5, 5.41) is 9.64. The average molecular weight is 232 g/mol. The molecule has 1 fully saturated rings. The van der Waals surface area contributed by atoms with Gasteiger partial charge in [-0.05, 0) is 31.2 Å². The Morgan fingerprint density at radius 2 is 1.76 bits per heavy atom. The lowest BCUT2D eigenvalue weighted by Gasteiger charge is -2.36. The van der Waals surface area contributed by atoms with Gasteiger partial charge < -0.3 is 5.11 Å². The first kappa shape index (κ1) is 12.2. The third kappa shape index (κ3) is 2.21. The number of hydrogen-bond donors (Lipinski definition) is 1. The lowest BCUT2D eigenvalue weighted by Crippen LogP contribution is -2.41. The van der Waals surface area contributed by atoms with Gasteiger partial charge in [0.1, 0.15) is 0 Å². The van der Waals surface area contributed by atoms with Gasteiger partial charge >= 0.3 is 5.97 Å². The predicted molar refractivity (Wildman–Crippen MR) is 68.0 cm³/mol. The first-order chi connectivity index (χ1) is 8.15. The number of carbonyl (C=O) groups is 1. The van der Waals surface area contributed by atoms with Gasteiger partial charge in [0, 0.05) is 0 Å². The third-order valence-corrected chi connectivity index (χ3v) is 4.24. The summed E-state index contributed by atoms with van der Waals surface area (Å²) in [5.41, 5.74) is 0.223. The molecule has 1 aliphatic rings. The second-order valence-corrected chi connectivity index (χ2v) is 5.21. The monoisotopic (exact) mass is 232 g/mol. The van der Waals surface area contributed by atoms with E-state index in [4.69, 9.17) is 0 Å². The molecule has 2 nitrogen and oxygen atoms in total. The van der Waals surface area contributed by atoms with Crippen molar-refractivity contribution in [3.05, 3.63) is 35.9 Å². The quantitative estimate of drug-likeness (QED) is 0.864. The van der Waals surface area contributed by atoms with Crippen molar-refractivity contribution in [2.45, 2.75) is 44.4 Å². The Kier molecular flexibility index (Phi) is 3.51. The molecule has 17 heavy (non-hydrogen) atoms. The van der Waals surface area contributed by atoms with E-state index in [9.17, 15) is 9.90 Å². The Labute approximate surface area is 103 Å². The molecule has 1 aliphatic carbocycles. The van der Waals surface area contributed by atoms with Crippen molar-refractivity contribution in [2.75, 3.05) is 0 Å². The number of aliphatic carboxylic acids is 1. The van der Waals surface area contributed by atoms with Gasteiger partial charge in [-0.1, -0.05) is 49.6 Å². The zero-order chi connectivity index (χ0) is 12.3. The fourth-order valence-electron chi connectivity index (χ4n) is 3.00. The molecule has 1 N–H and O–H groups in total. The standard InChI is InChI=1S/C15H20O2/c1-15(14(16)17,12-8-4-2-5-9-12)13-10-6-3-7-11-13/h2,4-5,8-9,13H,3,6-7,10-11H2,1H3,(H,16,17)/t15-/m0/s1. The molecular weight excluding hydrogens is 212 g/mol. The number of carboxylic acids is 1. The van der Waals surface area contributed by atoms with E-state index in [1.54, 1.807) is 0 Å². The van der Waals surface area contributed by atoms with E-state index < -0.39 is 11.4 Å². The first-order valence-electron chi connectivity index (χ1n) is 6.44. The minimum atomic E-state index is -0.721. The molecule has 92 valence electrons. The summed E-state index contributed by atoms with van der Waals surface area (Å²) in [6.45, 7) is 1.89. The van der Waals surface area contributed by atoms with Crippen LogP contribution in [0.2, 0.25) is 0 Å². The van der Waals surface area contributed by atoms with Crippen LogP contribution in [-0.2, 0) is 10.2 Å². The summed E-state index contributed by atoms with van der Waals surface area (Å²) in [4.78, 5) is 11.7. The van der Waals surface area contributed by atoms with E-state index in [2.05, 4.69) is 0 Å². The highest BCUT2D eigenvalue weighted by Gasteiger charge is 2.42. The van der Waals surface area contributed by atoms with Crippen molar-refractivity contribution < 1.29 is 9.90 Å². The van der Waals surface area contributed by atoms with E-state index in [0.717, 1.165) is 18.4 Å². The highest BCUT2D eigenvalue weighted by molar-refractivity contribution is 5.81. The van der Waals surface area contributed by atoms with E-state index in [-0.39, 0.29) is 5.92 Å². The maximum absolute atomic E-state index is 11.7. The van der Waals surface area contributed by atoms with Crippen molar-refractivity contribution in [3.63, 3.8) is 0 Å². The van der Waals surface area contributed by atoms with Crippen LogP contribution in [0.25, 0.3) is 0 Å². The van der Waals surface area contributed by atoms with Gasteiger partial charge in [-0.15, -0.1) is 0 Å². The molecule has 2 heteroatoms. The van der Waals surface area contributed by atoms with Gasteiger partial charge in [0.2, 0.25) is 0 Å². The van der Waals surface area contributed by atoms with Crippen molar-refractivity contribution in [2.24, 2.45) is 5.92 Å². The molecule has 0 saturated heterocycles. The predicted octanol–water partition coefficient (Wildman–Crippen LogP) is 3.61. The molecule has 0 unspecified atom stereocenters. The van der Waals surface area contributed by atoms with Crippen LogP contribution in [0, 0.1) is 5.92 Å². The molecule has 1 aromatic rings. The van der Waals surface area contributed by atoms with Crippen LogP contribution in [0.4, 0.5) is 0 Å². The maximum atomic E-state index is 11.7. The molecule has 0 aliphatic heterocycles. The highest BCUT2D eigenvalue weighted by Crippen LogP contribution is 2.41. The topological polar surface area (TPSA) is 37.3 Å². The zero-order valence-corrected chi connectivity index (χ0v) is 10.4. The van der Waals surface area contributed by atoms with Gasteiger partial charge in [0.25, 0.3) is 0 Å². The summed E-state index contributed by atoms with van der Waals surface area (Å²) in [7, 11) is 0. The van der Waals surface area contributed by atoms with Gasteiger partial charge in [-0.2, -0.15) is 0 Å². The molecule has 1 saturated carbocycles. The Bertz CT molecular complexity index is 379. The fraction of sp³-hybridized carbons (Fsp3) is 0.533. The van der Waals surface area contributed by atoms with Crippen LogP contribution >= 0.6 is 0 Å². The number of hydrogen-bond acceptors (Lipinski definition) is 1. The van der Waals surface area contributed by atoms with Gasteiger partial charge in [0.05, 0.1) is 5.41 Å². The molecule has 0 radical (unpaired) electrons. The molecule has 2 rings (SSSR count). The molecule has 1 aromatic carbocycles. The van der Waals surface area contributed by atoms with Crippen LogP contribution < -0.4 is 0 Å².